The fraction of sp³-hybridized carbons (Fsp3) is 0.185. The average molecular weight is 411 g/mol. The SMILES string of the molecule is CN(C(=O)C=Cc1ccc(C(=O)NC2CC2)cc1)C(c1ccccc1)c1ccccc1. The van der Waals surface area contributed by atoms with Gasteiger partial charge in [0, 0.05) is 24.7 Å². The number of hydrogen-bond acceptors (Lipinski definition) is 2. The first-order valence-electron chi connectivity index (χ1n) is 10.6. The third kappa shape index (κ3) is 5.28. The van der Waals surface area contributed by atoms with Crippen molar-refractivity contribution in [3.05, 3.63) is 113 Å². The van der Waals surface area contributed by atoms with Crippen LogP contribution in [0.3, 0.4) is 0 Å². The lowest BCUT2D eigenvalue weighted by molar-refractivity contribution is -0.126. The van der Waals surface area contributed by atoms with Crippen LogP contribution in [0.15, 0.2) is 91.0 Å². The first kappa shape index (κ1) is 20.6. The van der Waals surface area contributed by atoms with Crippen molar-refractivity contribution in [3.8, 4) is 0 Å². The molecule has 1 N–H and O–H groups in total. The average Bonchev–Trinajstić information content (AvgIpc) is 3.63. The zero-order valence-electron chi connectivity index (χ0n) is 17.6. The number of carbonyl (C=O) groups is 2. The van der Waals surface area contributed by atoms with Crippen molar-refractivity contribution in [2.45, 2.75) is 24.9 Å². The predicted molar refractivity (Wildman–Crippen MR) is 123 cm³/mol. The fourth-order valence-electron chi connectivity index (χ4n) is 3.56. The molecule has 4 nitrogen and oxygen atoms in total. The number of benzene rings is 3. The van der Waals surface area contributed by atoms with Gasteiger partial charge in [-0.1, -0.05) is 72.8 Å². The molecule has 1 saturated carbocycles. The number of carbonyl (C=O) groups excluding carboxylic acids is 2. The molecule has 156 valence electrons. The van der Waals surface area contributed by atoms with E-state index < -0.39 is 0 Å². The number of likely N-dealkylation sites (N-methyl/N-ethyl adjacent to an activating group) is 1. The smallest absolute Gasteiger partial charge is 0.251 e. The van der Waals surface area contributed by atoms with Crippen molar-refractivity contribution >= 4 is 17.9 Å². The second-order valence-electron chi connectivity index (χ2n) is 7.88. The molecule has 4 heteroatoms. The Hall–Kier alpha value is -3.66. The largest absolute Gasteiger partial charge is 0.349 e. The predicted octanol–water partition coefficient (Wildman–Crippen LogP) is 4.84. The van der Waals surface area contributed by atoms with E-state index in [2.05, 4.69) is 5.32 Å². The minimum Gasteiger partial charge on any atom is -0.349 e. The van der Waals surface area contributed by atoms with Crippen LogP contribution in [0, 0.1) is 0 Å². The summed E-state index contributed by atoms with van der Waals surface area (Å²) in [6, 6.07) is 27.5. The number of hydrogen-bond donors (Lipinski definition) is 1. The highest BCUT2D eigenvalue weighted by atomic mass is 16.2. The van der Waals surface area contributed by atoms with E-state index in [-0.39, 0.29) is 17.9 Å². The monoisotopic (exact) mass is 410 g/mol. The number of amides is 2. The highest BCUT2D eigenvalue weighted by Gasteiger charge is 2.24. The number of rotatable bonds is 7. The van der Waals surface area contributed by atoms with Gasteiger partial charge in [-0.3, -0.25) is 9.59 Å². The van der Waals surface area contributed by atoms with E-state index in [1.165, 1.54) is 0 Å². The Balaban J connectivity index is 1.48. The highest BCUT2D eigenvalue weighted by molar-refractivity contribution is 5.95. The minimum atomic E-state index is -0.173. The van der Waals surface area contributed by atoms with Gasteiger partial charge in [0.15, 0.2) is 0 Å². The Bertz CT molecular complexity index is 1020. The molecule has 1 aliphatic carbocycles. The Morgan fingerprint density at radius 2 is 1.42 bits per heavy atom. The van der Waals surface area contributed by atoms with Crippen molar-refractivity contribution in [1.29, 1.82) is 0 Å². The van der Waals surface area contributed by atoms with Crippen LogP contribution in [-0.2, 0) is 4.79 Å². The summed E-state index contributed by atoms with van der Waals surface area (Å²) in [6.07, 6.45) is 5.50. The van der Waals surface area contributed by atoms with Crippen LogP contribution in [0.4, 0.5) is 0 Å². The molecule has 3 aromatic carbocycles. The maximum Gasteiger partial charge on any atom is 0.251 e. The molecular formula is C27H26N2O2. The summed E-state index contributed by atoms with van der Waals surface area (Å²) in [5.41, 5.74) is 3.63. The third-order valence-electron chi connectivity index (χ3n) is 5.47. The van der Waals surface area contributed by atoms with E-state index in [1.54, 1.807) is 29.2 Å². The standard InChI is InChI=1S/C27H26N2O2/c1-29(26(21-8-4-2-5-9-21)22-10-6-3-7-11-22)25(30)19-14-20-12-15-23(16-13-20)27(31)28-24-17-18-24/h2-16,19,24,26H,17-18H2,1H3,(H,28,31). The molecule has 1 aliphatic rings. The summed E-state index contributed by atoms with van der Waals surface area (Å²) in [5.74, 6) is -0.129. The van der Waals surface area contributed by atoms with Crippen molar-refractivity contribution < 1.29 is 9.59 Å². The van der Waals surface area contributed by atoms with Gasteiger partial charge in [0.25, 0.3) is 5.91 Å². The maximum atomic E-state index is 13.0. The molecule has 3 aromatic rings. The van der Waals surface area contributed by atoms with Crippen LogP contribution in [0.25, 0.3) is 6.08 Å². The Morgan fingerprint density at radius 1 is 0.871 bits per heavy atom. The van der Waals surface area contributed by atoms with Crippen LogP contribution in [0.1, 0.15) is 45.9 Å². The summed E-state index contributed by atoms with van der Waals surface area (Å²) in [6.45, 7) is 0. The molecule has 0 saturated heterocycles. The van der Waals surface area contributed by atoms with E-state index in [4.69, 9.17) is 0 Å². The highest BCUT2D eigenvalue weighted by Crippen LogP contribution is 2.27. The van der Waals surface area contributed by atoms with Crippen molar-refractivity contribution in [1.82, 2.24) is 10.2 Å². The lowest BCUT2D eigenvalue weighted by Gasteiger charge is -2.28. The molecule has 0 aromatic heterocycles. The molecule has 0 atom stereocenters. The number of nitrogens with zero attached hydrogens (tertiary/aromatic N) is 1. The van der Waals surface area contributed by atoms with E-state index >= 15 is 0 Å². The Labute approximate surface area is 183 Å². The summed E-state index contributed by atoms with van der Waals surface area (Å²) in [4.78, 5) is 26.8. The molecule has 1 fully saturated rings. The maximum absolute atomic E-state index is 13.0. The van der Waals surface area contributed by atoms with Crippen molar-refractivity contribution in [2.75, 3.05) is 7.05 Å². The first-order valence-corrected chi connectivity index (χ1v) is 10.6. The molecule has 0 bridgehead atoms. The van der Waals surface area contributed by atoms with Gasteiger partial charge >= 0.3 is 0 Å². The zero-order chi connectivity index (χ0) is 21.6. The summed E-state index contributed by atoms with van der Waals surface area (Å²) in [5, 5.41) is 2.98. The second-order valence-corrected chi connectivity index (χ2v) is 7.88. The van der Waals surface area contributed by atoms with Crippen LogP contribution >= 0.6 is 0 Å². The molecule has 0 spiro atoms. The van der Waals surface area contributed by atoms with Crippen LogP contribution in [0.5, 0.6) is 0 Å². The molecule has 0 radical (unpaired) electrons. The molecular weight excluding hydrogens is 384 g/mol. The Morgan fingerprint density at radius 3 is 1.94 bits per heavy atom. The first-order chi connectivity index (χ1) is 15.1. The van der Waals surface area contributed by atoms with Crippen molar-refractivity contribution in [2.24, 2.45) is 0 Å². The normalized spacial score (nSPS) is 13.4. The van der Waals surface area contributed by atoms with E-state index in [0.29, 0.717) is 11.6 Å². The molecule has 0 aliphatic heterocycles. The van der Waals surface area contributed by atoms with Gasteiger partial charge in [0.1, 0.15) is 0 Å². The Kier molecular flexibility index (Phi) is 6.27. The van der Waals surface area contributed by atoms with Gasteiger partial charge in [0.05, 0.1) is 6.04 Å². The molecule has 2 amide bonds. The topological polar surface area (TPSA) is 49.4 Å². The van der Waals surface area contributed by atoms with Crippen LogP contribution in [0.2, 0.25) is 0 Å². The molecule has 4 rings (SSSR count). The molecule has 0 unspecified atom stereocenters. The van der Waals surface area contributed by atoms with Gasteiger partial charge in [-0.05, 0) is 47.7 Å². The van der Waals surface area contributed by atoms with Gasteiger partial charge in [-0.2, -0.15) is 0 Å². The van der Waals surface area contributed by atoms with Crippen molar-refractivity contribution in [3.63, 3.8) is 0 Å². The minimum absolute atomic E-state index is 0.0394. The van der Waals surface area contributed by atoms with E-state index in [1.807, 2.05) is 79.8 Å². The van der Waals surface area contributed by atoms with Gasteiger partial charge in [-0.25, -0.2) is 0 Å². The second kappa shape index (κ2) is 9.43. The van der Waals surface area contributed by atoms with E-state index in [9.17, 15) is 9.59 Å². The lowest BCUT2D eigenvalue weighted by atomic mass is 9.97. The molecule has 31 heavy (non-hydrogen) atoms. The van der Waals surface area contributed by atoms with Gasteiger partial charge < -0.3 is 10.2 Å². The lowest BCUT2D eigenvalue weighted by Crippen LogP contribution is -2.30. The molecule has 0 heterocycles. The van der Waals surface area contributed by atoms with E-state index in [0.717, 1.165) is 29.5 Å². The summed E-state index contributed by atoms with van der Waals surface area (Å²) < 4.78 is 0. The quantitative estimate of drug-likeness (QED) is 0.567. The third-order valence-corrected chi connectivity index (χ3v) is 5.47. The number of nitrogens with one attached hydrogen (secondary N) is 1. The summed E-state index contributed by atoms with van der Waals surface area (Å²) >= 11 is 0. The van der Waals surface area contributed by atoms with Crippen LogP contribution in [-0.4, -0.2) is 29.8 Å². The zero-order valence-corrected chi connectivity index (χ0v) is 17.6. The fourth-order valence-corrected chi connectivity index (χ4v) is 3.56. The van der Waals surface area contributed by atoms with Crippen LogP contribution < -0.4 is 5.32 Å². The van der Waals surface area contributed by atoms with Gasteiger partial charge in [-0.15, -0.1) is 0 Å². The van der Waals surface area contributed by atoms with Gasteiger partial charge in [0.2, 0.25) is 5.91 Å². The summed E-state index contributed by atoms with van der Waals surface area (Å²) in [7, 11) is 1.82.